The highest BCUT2D eigenvalue weighted by atomic mass is 32.2. The minimum Gasteiger partial charge on any atom is -0.468 e. The number of rotatable bonds is 4. The zero-order valence-electron chi connectivity index (χ0n) is 13.8. The van der Waals surface area contributed by atoms with Gasteiger partial charge >= 0.3 is 12.1 Å². The first-order valence-electron chi connectivity index (χ1n) is 7.45. The van der Waals surface area contributed by atoms with E-state index < -0.39 is 23.3 Å². The molecule has 0 spiro atoms. The third kappa shape index (κ3) is 3.93. The van der Waals surface area contributed by atoms with E-state index >= 15 is 0 Å². The largest absolute Gasteiger partial charge is 0.468 e. The first-order valence-corrected chi connectivity index (χ1v) is 8.44. The summed E-state index contributed by atoms with van der Waals surface area (Å²) in [5, 5.41) is 9.01. The molecule has 3 rings (SSSR count). The molecule has 0 saturated carbocycles. The summed E-state index contributed by atoms with van der Waals surface area (Å²) in [6.07, 6.45) is -4.76. The van der Waals surface area contributed by atoms with Crippen LogP contribution in [0.2, 0.25) is 0 Å². The number of alkyl halides is 3. The maximum absolute atomic E-state index is 13.5. The molecule has 1 aliphatic rings. The Morgan fingerprint density at radius 2 is 2.07 bits per heavy atom. The van der Waals surface area contributed by atoms with Crippen LogP contribution in [0.25, 0.3) is 11.3 Å². The summed E-state index contributed by atoms with van der Waals surface area (Å²) >= 11 is 0.705. The van der Waals surface area contributed by atoms with Crippen LogP contribution in [0.4, 0.5) is 13.2 Å². The molecule has 0 saturated heterocycles. The number of carbonyl (C=O) groups is 1. The number of thioether (sulfide) groups is 1. The second kappa shape index (κ2) is 7.36. The van der Waals surface area contributed by atoms with E-state index in [4.69, 9.17) is 9.47 Å². The van der Waals surface area contributed by atoms with Crippen LogP contribution in [0.15, 0.2) is 29.3 Å². The van der Waals surface area contributed by atoms with Gasteiger partial charge in [0.2, 0.25) is 6.79 Å². The van der Waals surface area contributed by atoms with Crippen molar-refractivity contribution in [3.63, 3.8) is 0 Å². The highest BCUT2D eigenvalue weighted by molar-refractivity contribution is 7.99. The number of pyridine rings is 1. The van der Waals surface area contributed by atoms with E-state index in [9.17, 15) is 23.2 Å². The maximum atomic E-state index is 13.5. The first kappa shape index (κ1) is 18.8. The molecule has 2 aromatic rings. The summed E-state index contributed by atoms with van der Waals surface area (Å²) in [5.41, 5.74) is -1.41. The van der Waals surface area contributed by atoms with Gasteiger partial charge in [-0.25, -0.2) is 4.98 Å². The lowest BCUT2D eigenvalue weighted by Gasteiger charge is -2.14. The predicted molar refractivity (Wildman–Crippen MR) is 88.3 cm³/mol. The van der Waals surface area contributed by atoms with Crippen LogP contribution >= 0.6 is 11.8 Å². The maximum Gasteiger partial charge on any atom is 0.417 e. The van der Waals surface area contributed by atoms with E-state index in [1.807, 2.05) is 0 Å². The number of aromatic nitrogens is 1. The molecule has 1 aromatic carbocycles. The standard InChI is InChI=1S/C17H11F3N2O4S/c1-24-15(23)7-27-16-10(6-21)11(17(18,19)20)5-12(22-16)9-2-3-13-14(4-9)26-8-25-13/h2-5H,7-8H2,1H3. The number of hydrogen-bond acceptors (Lipinski definition) is 7. The number of benzene rings is 1. The lowest BCUT2D eigenvalue weighted by atomic mass is 10.0. The third-order valence-corrected chi connectivity index (χ3v) is 4.58. The first-order chi connectivity index (χ1) is 12.8. The van der Waals surface area contributed by atoms with Crippen molar-refractivity contribution in [3.8, 4) is 28.8 Å². The monoisotopic (exact) mass is 396 g/mol. The van der Waals surface area contributed by atoms with Gasteiger partial charge in [0.05, 0.1) is 29.7 Å². The fourth-order valence-corrected chi connectivity index (χ4v) is 3.18. The zero-order chi connectivity index (χ0) is 19.6. The van der Waals surface area contributed by atoms with Crippen molar-refractivity contribution >= 4 is 17.7 Å². The molecule has 140 valence electrons. The van der Waals surface area contributed by atoms with E-state index in [0.717, 1.165) is 13.2 Å². The van der Waals surface area contributed by atoms with Crippen molar-refractivity contribution in [2.24, 2.45) is 0 Å². The van der Waals surface area contributed by atoms with Gasteiger partial charge < -0.3 is 14.2 Å². The Kier molecular flexibility index (Phi) is 5.14. The van der Waals surface area contributed by atoms with Crippen LogP contribution in [-0.4, -0.2) is 30.6 Å². The highest BCUT2D eigenvalue weighted by Crippen LogP contribution is 2.40. The molecule has 0 fully saturated rings. The molecule has 0 bridgehead atoms. The van der Waals surface area contributed by atoms with Gasteiger partial charge in [-0.15, -0.1) is 0 Å². The Labute approximate surface area is 155 Å². The lowest BCUT2D eigenvalue weighted by Crippen LogP contribution is -2.11. The van der Waals surface area contributed by atoms with E-state index in [2.05, 4.69) is 9.72 Å². The molecule has 2 heterocycles. The molecule has 1 aromatic heterocycles. The number of halogens is 3. The Balaban J connectivity index is 2.11. The second-order valence-corrected chi connectivity index (χ2v) is 6.24. The summed E-state index contributed by atoms with van der Waals surface area (Å²) in [5.74, 6) is -0.0625. The zero-order valence-corrected chi connectivity index (χ0v) is 14.6. The van der Waals surface area contributed by atoms with Crippen LogP contribution < -0.4 is 9.47 Å². The lowest BCUT2D eigenvalue weighted by molar-refractivity contribution is -0.138. The third-order valence-electron chi connectivity index (χ3n) is 3.63. The van der Waals surface area contributed by atoms with Gasteiger partial charge in [-0.1, -0.05) is 11.8 Å². The molecule has 0 amide bonds. The molecule has 0 N–H and O–H groups in total. The van der Waals surface area contributed by atoms with Crippen LogP contribution in [0, 0.1) is 11.3 Å². The number of esters is 1. The molecule has 27 heavy (non-hydrogen) atoms. The molecular formula is C17H11F3N2O4S. The smallest absolute Gasteiger partial charge is 0.417 e. The van der Waals surface area contributed by atoms with Crippen molar-refractivity contribution in [2.75, 3.05) is 19.7 Å². The topological polar surface area (TPSA) is 81.4 Å². The Morgan fingerprint density at radius 1 is 1.33 bits per heavy atom. The van der Waals surface area contributed by atoms with Crippen LogP contribution in [-0.2, 0) is 15.7 Å². The summed E-state index contributed by atoms with van der Waals surface area (Å²) in [6, 6.07) is 6.94. The van der Waals surface area contributed by atoms with Gasteiger partial charge in [0, 0.05) is 5.56 Å². The molecule has 0 radical (unpaired) electrons. The highest BCUT2D eigenvalue weighted by Gasteiger charge is 2.36. The van der Waals surface area contributed by atoms with Crippen molar-refractivity contribution in [1.82, 2.24) is 4.98 Å². The molecule has 10 heteroatoms. The molecule has 0 unspecified atom stereocenters. The van der Waals surface area contributed by atoms with E-state index in [0.29, 0.717) is 28.8 Å². The number of hydrogen-bond donors (Lipinski definition) is 0. The van der Waals surface area contributed by atoms with Crippen molar-refractivity contribution in [2.45, 2.75) is 11.2 Å². The van der Waals surface area contributed by atoms with E-state index in [1.165, 1.54) is 18.2 Å². The van der Waals surface area contributed by atoms with Crippen LogP contribution in [0.5, 0.6) is 11.5 Å². The summed E-state index contributed by atoms with van der Waals surface area (Å²) < 4.78 is 55.3. The quantitative estimate of drug-likeness (QED) is 0.577. The fraction of sp³-hybridized carbons (Fsp3) is 0.235. The Hall–Kier alpha value is -2.93. The number of nitrogens with zero attached hydrogens (tertiary/aromatic N) is 2. The van der Waals surface area contributed by atoms with Gasteiger partial charge in [-0.3, -0.25) is 4.79 Å². The number of carbonyl (C=O) groups excluding carboxylic acids is 1. The average Bonchev–Trinajstić information content (AvgIpc) is 3.12. The van der Waals surface area contributed by atoms with Gasteiger partial charge in [-0.05, 0) is 24.3 Å². The number of methoxy groups -OCH3 is 1. The van der Waals surface area contributed by atoms with Crippen molar-refractivity contribution in [3.05, 3.63) is 35.4 Å². The number of nitriles is 1. The summed E-state index contributed by atoms with van der Waals surface area (Å²) in [6.45, 7) is 0.0214. The van der Waals surface area contributed by atoms with Gasteiger partial charge in [0.25, 0.3) is 0 Å². The van der Waals surface area contributed by atoms with Gasteiger partial charge in [0.15, 0.2) is 11.5 Å². The minimum atomic E-state index is -4.76. The average molecular weight is 396 g/mol. The van der Waals surface area contributed by atoms with Gasteiger partial charge in [-0.2, -0.15) is 18.4 Å². The molecule has 0 atom stereocenters. The second-order valence-electron chi connectivity index (χ2n) is 5.28. The Bertz CT molecular complexity index is 941. The van der Waals surface area contributed by atoms with Crippen LogP contribution in [0.1, 0.15) is 11.1 Å². The number of ether oxygens (including phenoxy) is 3. The normalized spacial score (nSPS) is 12.6. The number of fused-ring (bicyclic) bond motifs is 1. The fourth-order valence-electron chi connectivity index (χ4n) is 2.35. The SMILES string of the molecule is COC(=O)CSc1nc(-c2ccc3c(c2)OCO3)cc(C(F)(F)F)c1C#N. The van der Waals surface area contributed by atoms with Crippen LogP contribution in [0.3, 0.4) is 0 Å². The van der Waals surface area contributed by atoms with E-state index in [-0.39, 0.29) is 23.3 Å². The molecule has 6 nitrogen and oxygen atoms in total. The predicted octanol–water partition coefficient (Wildman–Crippen LogP) is 3.63. The Morgan fingerprint density at radius 3 is 2.74 bits per heavy atom. The molecule has 1 aliphatic heterocycles. The summed E-state index contributed by atoms with van der Waals surface area (Å²) in [7, 11) is 1.16. The minimum absolute atomic E-state index is 0.00742. The van der Waals surface area contributed by atoms with Crippen molar-refractivity contribution in [1.29, 1.82) is 5.26 Å². The van der Waals surface area contributed by atoms with Crippen molar-refractivity contribution < 1.29 is 32.2 Å². The summed E-state index contributed by atoms with van der Waals surface area (Å²) in [4.78, 5) is 15.5. The molecule has 0 aliphatic carbocycles. The van der Waals surface area contributed by atoms with E-state index in [1.54, 1.807) is 6.07 Å². The van der Waals surface area contributed by atoms with Gasteiger partial charge in [0.1, 0.15) is 11.1 Å². The molecular weight excluding hydrogens is 385 g/mol.